The van der Waals surface area contributed by atoms with E-state index in [0.29, 0.717) is 5.56 Å². The lowest BCUT2D eigenvalue weighted by Crippen LogP contribution is -2.53. The maximum atomic E-state index is 12.3. The van der Waals surface area contributed by atoms with Gasteiger partial charge in [0, 0.05) is 12.3 Å². The fourth-order valence-electron chi connectivity index (χ4n) is 3.64. The second-order valence-corrected chi connectivity index (χ2v) is 6.30. The SMILES string of the molecule is CC(=O)[C@@H]1C(=O)C[C@](C)(O)[C@@H](C(C)=O)[C@H]1c1cccc(O)c1. The molecule has 0 heterocycles. The number of aromatic hydroxyl groups is 1. The molecule has 22 heavy (non-hydrogen) atoms. The highest BCUT2D eigenvalue weighted by Crippen LogP contribution is 2.46. The van der Waals surface area contributed by atoms with Gasteiger partial charge in [0.25, 0.3) is 0 Å². The second-order valence-electron chi connectivity index (χ2n) is 6.30. The summed E-state index contributed by atoms with van der Waals surface area (Å²) in [6.07, 6.45) is -0.225. The zero-order chi connectivity index (χ0) is 16.7. The molecule has 5 heteroatoms. The van der Waals surface area contributed by atoms with Gasteiger partial charge in [0.05, 0.1) is 17.4 Å². The topological polar surface area (TPSA) is 91.7 Å². The van der Waals surface area contributed by atoms with Crippen molar-refractivity contribution in [1.29, 1.82) is 0 Å². The maximum Gasteiger partial charge on any atom is 0.146 e. The number of phenols is 1. The van der Waals surface area contributed by atoms with Gasteiger partial charge in [-0.05, 0) is 38.5 Å². The third-order valence-corrected chi connectivity index (χ3v) is 4.40. The summed E-state index contributed by atoms with van der Waals surface area (Å²) in [6, 6.07) is 6.15. The molecule has 0 radical (unpaired) electrons. The minimum atomic E-state index is -1.51. The molecule has 1 saturated carbocycles. The molecule has 2 N–H and O–H groups in total. The van der Waals surface area contributed by atoms with Gasteiger partial charge in [-0.25, -0.2) is 0 Å². The largest absolute Gasteiger partial charge is 0.508 e. The van der Waals surface area contributed by atoms with Crippen LogP contribution in [0.15, 0.2) is 24.3 Å². The Kier molecular flexibility index (Phi) is 4.20. The lowest BCUT2D eigenvalue weighted by molar-refractivity contribution is -0.151. The first-order valence-corrected chi connectivity index (χ1v) is 7.20. The van der Waals surface area contributed by atoms with Crippen LogP contribution in [0.2, 0.25) is 0 Å². The first-order valence-electron chi connectivity index (χ1n) is 7.20. The predicted octanol–water partition coefficient (Wildman–Crippen LogP) is 1.61. The molecule has 4 atom stereocenters. The van der Waals surface area contributed by atoms with E-state index in [2.05, 4.69) is 0 Å². The summed E-state index contributed by atoms with van der Waals surface area (Å²) in [5, 5.41) is 20.2. The van der Waals surface area contributed by atoms with Crippen LogP contribution in [0.5, 0.6) is 5.75 Å². The molecule has 118 valence electrons. The monoisotopic (exact) mass is 304 g/mol. The number of phenolic OH excluding ortho intramolecular Hbond substituents is 1. The molecule has 1 aromatic carbocycles. The Bertz CT molecular complexity index is 632. The van der Waals surface area contributed by atoms with E-state index >= 15 is 0 Å². The highest BCUT2D eigenvalue weighted by molar-refractivity contribution is 6.05. The average molecular weight is 304 g/mol. The number of hydrogen-bond acceptors (Lipinski definition) is 5. The van der Waals surface area contributed by atoms with Crippen LogP contribution in [-0.4, -0.2) is 33.2 Å². The predicted molar refractivity (Wildman–Crippen MR) is 79.4 cm³/mol. The summed E-state index contributed by atoms with van der Waals surface area (Å²) < 4.78 is 0. The van der Waals surface area contributed by atoms with E-state index in [1.54, 1.807) is 12.1 Å². The number of aliphatic hydroxyl groups is 1. The van der Waals surface area contributed by atoms with E-state index in [4.69, 9.17) is 0 Å². The maximum absolute atomic E-state index is 12.3. The highest BCUT2D eigenvalue weighted by Gasteiger charge is 2.53. The number of carbonyl (C=O) groups is 3. The van der Waals surface area contributed by atoms with Crippen LogP contribution in [0, 0.1) is 11.8 Å². The van der Waals surface area contributed by atoms with Gasteiger partial charge < -0.3 is 10.2 Å². The molecule has 0 aromatic heterocycles. The number of hydrogen-bond donors (Lipinski definition) is 2. The molecule has 1 aliphatic carbocycles. The van der Waals surface area contributed by atoms with Gasteiger partial charge in [-0.15, -0.1) is 0 Å². The molecule has 0 saturated heterocycles. The molecule has 0 aliphatic heterocycles. The average Bonchev–Trinajstić information content (AvgIpc) is 2.35. The molecule has 2 rings (SSSR count). The molecule has 1 fully saturated rings. The number of benzene rings is 1. The Morgan fingerprint density at radius 2 is 1.86 bits per heavy atom. The van der Waals surface area contributed by atoms with Crippen molar-refractivity contribution in [2.24, 2.45) is 11.8 Å². The normalized spacial score (nSPS) is 31.8. The van der Waals surface area contributed by atoms with Crippen molar-refractivity contribution in [2.45, 2.75) is 38.7 Å². The molecule has 1 aliphatic rings. The van der Waals surface area contributed by atoms with Crippen molar-refractivity contribution in [1.82, 2.24) is 0 Å². The van der Waals surface area contributed by atoms with Gasteiger partial charge in [-0.3, -0.25) is 14.4 Å². The fourth-order valence-corrected chi connectivity index (χ4v) is 3.64. The van der Waals surface area contributed by atoms with Crippen LogP contribution in [0.1, 0.15) is 38.7 Å². The Balaban J connectivity index is 2.64. The summed E-state index contributed by atoms with van der Waals surface area (Å²) in [4.78, 5) is 36.4. The first-order chi connectivity index (χ1) is 10.1. The van der Waals surface area contributed by atoms with Crippen molar-refractivity contribution in [3.63, 3.8) is 0 Å². The molecule has 5 nitrogen and oxygen atoms in total. The van der Waals surface area contributed by atoms with E-state index in [9.17, 15) is 24.6 Å². The van der Waals surface area contributed by atoms with Crippen molar-refractivity contribution in [3.8, 4) is 5.75 Å². The molecule has 0 bridgehead atoms. The summed E-state index contributed by atoms with van der Waals surface area (Å²) in [5.41, 5.74) is -1.00. The summed E-state index contributed by atoms with van der Waals surface area (Å²) in [5.74, 6) is -3.62. The second kappa shape index (κ2) is 5.65. The quantitative estimate of drug-likeness (QED) is 0.828. The minimum Gasteiger partial charge on any atom is -0.508 e. The molecule has 0 spiro atoms. The number of carbonyl (C=O) groups excluding carboxylic acids is 3. The lowest BCUT2D eigenvalue weighted by Gasteiger charge is -2.44. The van der Waals surface area contributed by atoms with Gasteiger partial charge in [0.1, 0.15) is 23.1 Å². The van der Waals surface area contributed by atoms with Gasteiger partial charge >= 0.3 is 0 Å². The van der Waals surface area contributed by atoms with Crippen molar-refractivity contribution < 1.29 is 24.6 Å². The van der Waals surface area contributed by atoms with E-state index in [1.807, 2.05) is 0 Å². The third-order valence-electron chi connectivity index (χ3n) is 4.40. The number of Topliss-reactive ketones (excluding diaryl/α,β-unsaturated/α-hetero) is 3. The zero-order valence-electron chi connectivity index (χ0n) is 12.9. The van der Waals surface area contributed by atoms with E-state index in [1.165, 1.54) is 32.9 Å². The fraction of sp³-hybridized carbons (Fsp3) is 0.471. The lowest BCUT2D eigenvalue weighted by atomic mass is 9.60. The zero-order valence-corrected chi connectivity index (χ0v) is 12.9. The van der Waals surface area contributed by atoms with Gasteiger partial charge in [0.15, 0.2) is 0 Å². The summed E-state index contributed by atoms with van der Waals surface area (Å²) in [6.45, 7) is 4.11. The van der Waals surface area contributed by atoms with Gasteiger partial charge in [-0.2, -0.15) is 0 Å². The molecular weight excluding hydrogens is 284 g/mol. The minimum absolute atomic E-state index is 0.0141. The number of rotatable bonds is 3. The smallest absolute Gasteiger partial charge is 0.146 e. The van der Waals surface area contributed by atoms with Crippen LogP contribution in [0.25, 0.3) is 0 Å². The Morgan fingerprint density at radius 1 is 1.23 bits per heavy atom. The Labute approximate surface area is 129 Å². The molecule has 0 amide bonds. The van der Waals surface area contributed by atoms with Crippen LogP contribution in [-0.2, 0) is 14.4 Å². The van der Waals surface area contributed by atoms with Gasteiger partial charge in [-0.1, -0.05) is 12.1 Å². The number of ketones is 3. The standard InChI is InChI=1S/C17H20O5/c1-9(18)14-13(21)8-17(3,22)16(10(2)19)15(14)11-5-4-6-12(20)7-11/h4-7,14-16,20,22H,8H2,1-3H3/t14-,15+,16+,17+/m1/s1. The van der Waals surface area contributed by atoms with Crippen LogP contribution < -0.4 is 0 Å². The third kappa shape index (κ3) is 2.81. The summed E-state index contributed by atoms with van der Waals surface area (Å²) >= 11 is 0. The summed E-state index contributed by atoms with van der Waals surface area (Å²) in [7, 11) is 0. The highest BCUT2D eigenvalue weighted by atomic mass is 16.3. The van der Waals surface area contributed by atoms with E-state index < -0.39 is 23.4 Å². The molecular formula is C17H20O5. The van der Waals surface area contributed by atoms with Crippen LogP contribution in [0.4, 0.5) is 0 Å². The van der Waals surface area contributed by atoms with Gasteiger partial charge in [0.2, 0.25) is 0 Å². The molecule has 0 unspecified atom stereocenters. The van der Waals surface area contributed by atoms with Crippen molar-refractivity contribution in [2.75, 3.05) is 0 Å². The van der Waals surface area contributed by atoms with Crippen LogP contribution in [0.3, 0.4) is 0 Å². The molecule has 1 aromatic rings. The Morgan fingerprint density at radius 3 is 2.36 bits per heavy atom. The van der Waals surface area contributed by atoms with Crippen molar-refractivity contribution in [3.05, 3.63) is 29.8 Å². The van der Waals surface area contributed by atoms with E-state index in [0.717, 1.165) is 0 Å². The van der Waals surface area contributed by atoms with Crippen LogP contribution >= 0.6 is 0 Å². The first kappa shape index (κ1) is 16.4. The Hall–Kier alpha value is -2.01. The van der Waals surface area contributed by atoms with E-state index in [-0.39, 0.29) is 29.5 Å². The van der Waals surface area contributed by atoms with Crippen molar-refractivity contribution >= 4 is 17.3 Å².